The first-order valence-corrected chi connectivity index (χ1v) is 13.4. The van der Waals surface area contributed by atoms with Crippen LogP contribution >= 0.6 is 0 Å². The van der Waals surface area contributed by atoms with E-state index in [-0.39, 0.29) is 41.8 Å². The zero-order valence-electron chi connectivity index (χ0n) is 19.5. The van der Waals surface area contributed by atoms with Crippen molar-refractivity contribution in [3.8, 4) is 0 Å². The predicted molar refractivity (Wildman–Crippen MR) is 125 cm³/mol. The van der Waals surface area contributed by atoms with E-state index in [0.29, 0.717) is 64.3 Å². The van der Waals surface area contributed by atoms with Gasteiger partial charge in [0.15, 0.2) is 0 Å². The normalized spacial score (nSPS) is 20.6. The van der Waals surface area contributed by atoms with E-state index in [2.05, 4.69) is 0 Å². The van der Waals surface area contributed by atoms with Crippen LogP contribution in [0.3, 0.4) is 0 Å². The first kappa shape index (κ1) is 24.5. The monoisotopic (exact) mass is 492 g/mol. The molecular formula is C23H32N4O6S. The molecule has 3 saturated heterocycles. The van der Waals surface area contributed by atoms with Crippen LogP contribution in [0.5, 0.6) is 0 Å². The molecule has 34 heavy (non-hydrogen) atoms. The second-order valence-corrected chi connectivity index (χ2v) is 10.8. The molecule has 11 heteroatoms. The van der Waals surface area contributed by atoms with Crippen LogP contribution in [0.25, 0.3) is 0 Å². The average Bonchev–Trinajstić information content (AvgIpc) is 3.30. The summed E-state index contributed by atoms with van der Waals surface area (Å²) in [5.41, 5.74) is 0.716. The number of rotatable bonds is 5. The van der Waals surface area contributed by atoms with Gasteiger partial charge in [0.2, 0.25) is 21.8 Å². The summed E-state index contributed by atoms with van der Waals surface area (Å²) in [6.45, 7) is 5.11. The highest BCUT2D eigenvalue weighted by molar-refractivity contribution is 7.89. The molecule has 0 unspecified atom stereocenters. The van der Waals surface area contributed by atoms with Gasteiger partial charge in [0.05, 0.1) is 11.5 Å². The fraction of sp³-hybridized carbons (Fsp3) is 0.609. The van der Waals surface area contributed by atoms with E-state index in [9.17, 15) is 22.8 Å². The maximum absolute atomic E-state index is 13.1. The van der Waals surface area contributed by atoms with Crippen molar-refractivity contribution in [3.05, 3.63) is 24.3 Å². The van der Waals surface area contributed by atoms with Crippen molar-refractivity contribution in [2.24, 2.45) is 5.92 Å². The lowest BCUT2D eigenvalue weighted by Gasteiger charge is -2.38. The fourth-order valence-corrected chi connectivity index (χ4v) is 6.26. The summed E-state index contributed by atoms with van der Waals surface area (Å²) in [6.07, 6.45) is 1.92. The van der Waals surface area contributed by atoms with Crippen molar-refractivity contribution in [2.75, 3.05) is 57.3 Å². The van der Waals surface area contributed by atoms with Gasteiger partial charge in [-0.05, 0) is 50.5 Å². The van der Waals surface area contributed by atoms with Crippen LogP contribution < -0.4 is 4.90 Å². The van der Waals surface area contributed by atoms with E-state index in [1.807, 2.05) is 0 Å². The number of hydrogen-bond acceptors (Lipinski definition) is 6. The van der Waals surface area contributed by atoms with Crippen LogP contribution in [0.1, 0.15) is 32.6 Å². The van der Waals surface area contributed by atoms with E-state index in [1.165, 1.54) is 4.31 Å². The van der Waals surface area contributed by atoms with Gasteiger partial charge < -0.3 is 19.4 Å². The molecule has 0 saturated carbocycles. The number of amides is 3. The molecule has 1 aromatic rings. The number of carbonyl (C=O) groups excluding carboxylic acids is 3. The molecular weight excluding hydrogens is 460 g/mol. The molecule has 3 aliphatic heterocycles. The number of carbonyl (C=O) groups is 3. The van der Waals surface area contributed by atoms with Crippen LogP contribution in [-0.4, -0.2) is 92.9 Å². The zero-order chi connectivity index (χ0) is 24.3. The number of piperazine rings is 1. The molecule has 0 aromatic heterocycles. The molecule has 186 valence electrons. The van der Waals surface area contributed by atoms with Gasteiger partial charge in [-0.15, -0.1) is 0 Å². The molecule has 0 aliphatic carbocycles. The van der Waals surface area contributed by atoms with Crippen LogP contribution in [0, 0.1) is 5.92 Å². The predicted octanol–water partition coefficient (Wildman–Crippen LogP) is 1.51. The van der Waals surface area contributed by atoms with E-state index in [0.717, 1.165) is 6.42 Å². The molecule has 3 fully saturated rings. The summed E-state index contributed by atoms with van der Waals surface area (Å²) in [7, 11) is -3.67. The Balaban J connectivity index is 1.30. The minimum Gasteiger partial charge on any atom is -0.450 e. The molecule has 1 aromatic carbocycles. The van der Waals surface area contributed by atoms with Crippen molar-refractivity contribution in [3.63, 3.8) is 0 Å². The minimum absolute atomic E-state index is 0.0280. The smallest absolute Gasteiger partial charge is 0.409 e. The van der Waals surface area contributed by atoms with Gasteiger partial charge in [-0.2, -0.15) is 4.31 Å². The number of ether oxygens (including phenoxy) is 1. The Morgan fingerprint density at radius 1 is 0.941 bits per heavy atom. The summed E-state index contributed by atoms with van der Waals surface area (Å²) in [5, 5.41) is 0. The summed E-state index contributed by atoms with van der Waals surface area (Å²) in [6, 6.07) is 6.47. The average molecular weight is 493 g/mol. The van der Waals surface area contributed by atoms with Crippen molar-refractivity contribution in [2.45, 2.75) is 37.5 Å². The maximum atomic E-state index is 13.1. The molecule has 0 bridgehead atoms. The first-order valence-electron chi connectivity index (χ1n) is 11.9. The molecule has 3 amide bonds. The largest absolute Gasteiger partial charge is 0.450 e. The Kier molecular flexibility index (Phi) is 7.42. The quantitative estimate of drug-likeness (QED) is 0.617. The number of piperidine rings is 1. The van der Waals surface area contributed by atoms with Gasteiger partial charge in [-0.1, -0.05) is 0 Å². The molecule has 0 atom stereocenters. The van der Waals surface area contributed by atoms with Gasteiger partial charge in [-0.3, -0.25) is 9.59 Å². The van der Waals surface area contributed by atoms with Crippen molar-refractivity contribution >= 4 is 33.6 Å². The molecule has 0 N–H and O–H groups in total. The topological polar surface area (TPSA) is 108 Å². The van der Waals surface area contributed by atoms with E-state index in [4.69, 9.17) is 4.74 Å². The number of hydrogen-bond donors (Lipinski definition) is 0. The van der Waals surface area contributed by atoms with Crippen LogP contribution in [0.2, 0.25) is 0 Å². The molecule has 0 radical (unpaired) electrons. The van der Waals surface area contributed by atoms with Gasteiger partial charge in [-0.25, -0.2) is 13.2 Å². The van der Waals surface area contributed by atoms with Crippen molar-refractivity contribution in [1.29, 1.82) is 0 Å². The number of benzene rings is 1. The molecule has 3 aliphatic rings. The third-order valence-electron chi connectivity index (χ3n) is 6.78. The second kappa shape index (κ2) is 10.3. The minimum atomic E-state index is -3.67. The first-order chi connectivity index (χ1) is 16.3. The standard InChI is InChI=1S/C23H32N4O6S/c1-2-33-23(30)25-16-14-24(15-17-25)22(29)18-9-12-26(13-10-18)34(31,32)20-7-5-19(6-8-20)27-11-3-4-21(27)28/h5-8,18H,2-4,9-17H2,1H3. The third-order valence-corrected chi connectivity index (χ3v) is 8.69. The summed E-state index contributed by atoms with van der Waals surface area (Å²) in [4.78, 5) is 42.0. The van der Waals surface area contributed by atoms with Crippen LogP contribution in [0.4, 0.5) is 10.5 Å². The zero-order valence-corrected chi connectivity index (χ0v) is 20.3. The van der Waals surface area contributed by atoms with Gasteiger partial charge in [0.25, 0.3) is 0 Å². The Bertz CT molecular complexity index is 1010. The lowest BCUT2D eigenvalue weighted by atomic mass is 9.96. The molecule has 0 spiro atoms. The molecule has 10 nitrogen and oxygen atoms in total. The highest BCUT2D eigenvalue weighted by atomic mass is 32.2. The van der Waals surface area contributed by atoms with E-state index < -0.39 is 10.0 Å². The summed E-state index contributed by atoms with van der Waals surface area (Å²) in [5.74, 6) is -0.131. The van der Waals surface area contributed by atoms with Crippen molar-refractivity contribution in [1.82, 2.24) is 14.1 Å². The van der Waals surface area contributed by atoms with E-state index in [1.54, 1.807) is 45.9 Å². The lowest BCUT2D eigenvalue weighted by Crippen LogP contribution is -2.53. The third kappa shape index (κ3) is 5.05. The lowest BCUT2D eigenvalue weighted by molar-refractivity contribution is -0.138. The fourth-order valence-electron chi connectivity index (χ4n) is 4.79. The Morgan fingerprint density at radius 2 is 1.56 bits per heavy atom. The summed E-state index contributed by atoms with van der Waals surface area (Å²) >= 11 is 0. The van der Waals surface area contributed by atoms with E-state index >= 15 is 0 Å². The molecule has 4 rings (SSSR count). The summed E-state index contributed by atoms with van der Waals surface area (Å²) < 4.78 is 32.7. The number of sulfonamides is 1. The second-order valence-electron chi connectivity index (χ2n) is 8.83. The maximum Gasteiger partial charge on any atom is 0.409 e. The Hall–Kier alpha value is -2.66. The highest BCUT2D eigenvalue weighted by Crippen LogP contribution is 2.28. The number of nitrogens with zero attached hydrogens (tertiary/aromatic N) is 4. The number of anilines is 1. The van der Waals surface area contributed by atoms with Crippen LogP contribution in [0.15, 0.2) is 29.2 Å². The Labute approximate surface area is 200 Å². The SMILES string of the molecule is CCOC(=O)N1CCN(C(=O)C2CCN(S(=O)(=O)c3ccc(N4CCCC4=O)cc3)CC2)CC1. The highest BCUT2D eigenvalue weighted by Gasteiger charge is 2.35. The van der Waals surface area contributed by atoms with Gasteiger partial charge >= 0.3 is 6.09 Å². The molecule has 3 heterocycles. The Morgan fingerprint density at radius 3 is 2.12 bits per heavy atom. The van der Waals surface area contributed by atoms with Crippen LogP contribution in [-0.2, 0) is 24.3 Å². The van der Waals surface area contributed by atoms with Crippen molar-refractivity contribution < 1.29 is 27.5 Å². The van der Waals surface area contributed by atoms with Gasteiger partial charge in [0.1, 0.15) is 0 Å². The van der Waals surface area contributed by atoms with Gasteiger partial charge in [0, 0.05) is 63.8 Å².